The van der Waals surface area contributed by atoms with Crippen molar-refractivity contribution in [2.45, 2.75) is 19.0 Å². The number of hydrogen-bond donors (Lipinski definition) is 3. The molecule has 8 nitrogen and oxygen atoms in total. The first-order valence-corrected chi connectivity index (χ1v) is 7.41. The van der Waals surface area contributed by atoms with Gasteiger partial charge in [0.15, 0.2) is 0 Å². The number of nitrogens with zero attached hydrogens (tertiary/aromatic N) is 1. The predicted octanol–water partition coefficient (Wildman–Crippen LogP) is 1.91. The Morgan fingerprint density at radius 3 is 2.37 bits per heavy atom. The second-order valence-electron chi connectivity index (χ2n) is 5.14. The van der Waals surface area contributed by atoms with Crippen molar-refractivity contribution in [3.63, 3.8) is 0 Å². The van der Waals surface area contributed by atoms with E-state index in [9.17, 15) is 41.7 Å². The van der Waals surface area contributed by atoms with E-state index < -0.39 is 53.7 Å². The minimum atomic E-state index is -4.74. The van der Waals surface area contributed by atoms with Crippen LogP contribution in [0.2, 0.25) is 0 Å². The zero-order chi connectivity index (χ0) is 20.6. The average Bonchev–Trinajstić information content (AvgIpc) is 2.57. The van der Waals surface area contributed by atoms with Crippen LogP contribution in [0.5, 0.6) is 0 Å². The molecule has 0 aromatic heterocycles. The van der Waals surface area contributed by atoms with Gasteiger partial charge in [-0.3, -0.25) is 19.7 Å². The monoisotopic (exact) mass is 398 g/mol. The number of halogens is 5. The summed E-state index contributed by atoms with van der Waals surface area (Å²) in [6.07, 6.45) is -7.73. The van der Waals surface area contributed by atoms with E-state index >= 15 is 0 Å². The van der Waals surface area contributed by atoms with E-state index in [0.717, 1.165) is 6.07 Å². The van der Waals surface area contributed by atoms with E-state index in [2.05, 4.69) is 10.6 Å². The van der Waals surface area contributed by atoms with Crippen LogP contribution in [0.25, 0.3) is 0 Å². The van der Waals surface area contributed by atoms with Crippen LogP contribution in [0, 0.1) is 10.1 Å². The molecule has 1 aromatic carbocycles. The van der Waals surface area contributed by atoms with Gasteiger partial charge in [0, 0.05) is 19.0 Å². The van der Waals surface area contributed by atoms with Crippen molar-refractivity contribution in [1.29, 1.82) is 0 Å². The first-order chi connectivity index (χ1) is 12.5. The Hall–Kier alpha value is -2.99. The van der Waals surface area contributed by atoms with Crippen molar-refractivity contribution in [3.05, 3.63) is 33.9 Å². The molecule has 0 unspecified atom stereocenters. The van der Waals surface area contributed by atoms with Crippen LogP contribution < -0.4 is 16.0 Å². The lowest BCUT2D eigenvalue weighted by atomic mass is 10.1. The smallest absolute Gasteiger partial charge is 0.379 e. The normalized spacial score (nSPS) is 11.2. The number of rotatable bonds is 9. The summed E-state index contributed by atoms with van der Waals surface area (Å²) in [6, 6.07) is 1.90. The summed E-state index contributed by atoms with van der Waals surface area (Å²) in [6.45, 7) is -1.56. The van der Waals surface area contributed by atoms with Crippen LogP contribution in [-0.4, -0.2) is 42.8 Å². The lowest BCUT2D eigenvalue weighted by Gasteiger charge is -2.11. The minimum Gasteiger partial charge on any atom is -0.379 e. The molecule has 1 aromatic rings. The SMILES string of the molecule is O=C(CCNc1ccc(C(F)(F)F)cc1[N+](=O)[O-])NCC(=O)NCC(F)F. The van der Waals surface area contributed by atoms with Crippen LogP contribution in [0.4, 0.5) is 33.3 Å². The summed E-state index contributed by atoms with van der Waals surface area (Å²) < 4.78 is 61.6. The first-order valence-electron chi connectivity index (χ1n) is 7.41. The summed E-state index contributed by atoms with van der Waals surface area (Å²) in [4.78, 5) is 32.6. The highest BCUT2D eigenvalue weighted by atomic mass is 19.4. The second kappa shape index (κ2) is 9.64. The second-order valence-corrected chi connectivity index (χ2v) is 5.14. The molecule has 0 fully saturated rings. The van der Waals surface area contributed by atoms with Gasteiger partial charge in [-0.05, 0) is 12.1 Å². The standard InChI is InChI=1S/C14H15F5N4O4/c15-11(16)6-21-13(25)7-22-12(24)3-4-20-9-2-1-8(14(17,18)19)5-10(9)23(26)27/h1-2,5,11,20H,3-4,6-7H2,(H,21,25)(H,22,24). The highest BCUT2D eigenvalue weighted by Crippen LogP contribution is 2.34. The molecule has 0 aliphatic rings. The predicted molar refractivity (Wildman–Crippen MR) is 83.2 cm³/mol. The molecule has 0 spiro atoms. The molecule has 0 aliphatic heterocycles. The Labute approximate surface area is 149 Å². The van der Waals surface area contributed by atoms with Gasteiger partial charge in [0.05, 0.1) is 23.6 Å². The third-order valence-corrected chi connectivity index (χ3v) is 3.09. The summed E-state index contributed by atoms with van der Waals surface area (Å²) in [7, 11) is 0. The number of carbonyl (C=O) groups is 2. The molecule has 0 heterocycles. The summed E-state index contributed by atoms with van der Waals surface area (Å²) >= 11 is 0. The number of nitro groups is 1. The van der Waals surface area contributed by atoms with Crippen molar-refractivity contribution in [1.82, 2.24) is 10.6 Å². The van der Waals surface area contributed by atoms with Crippen molar-refractivity contribution in [3.8, 4) is 0 Å². The molecule has 1 rings (SSSR count). The highest BCUT2D eigenvalue weighted by molar-refractivity contribution is 5.84. The Kier molecular flexibility index (Phi) is 7.87. The van der Waals surface area contributed by atoms with Gasteiger partial charge in [0.25, 0.3) is 12.1 Å². The van der Waals surface area contributed by atoms with Gasteiger partial charge in [-0.25, -0.2) is 8.78 Å². The van der Waals surface area contributed by atoms with Crippen molar-refractivity contribution >= 4 is 23.2 Å². The fourth-order valence-electron chi connectivity index (χ4n) is 1.84. The molecule has 13 heteroatoms. The number of carbonyl (C=O) groups excluding carboxylic acids is 2. The molecule has 0 radical (unpaired) electrons. The van der Waals surface area contributed by atoms with E-state index in [0.29, 0.717) is 12.1 Å². The molecule has 0 saturated carbocycles. The molecular formula is C14H15F5N4O4. The number of benzene rings is 1. The number of nitro benzene ring substituents is 1. The lowest BCUT2D eigenvalue weighted by molar-refractivity contribution is -0.384. The van der Waals surface area contributed by atoms with Crippen LogP contribution >= 0.6 is 0 Å². The zero-order valence-electron chi connectivity index (χ0n) is 13.6. The first kappa shape index (κ1) is 22.1. The molecule has 150 valence electrons. The Balaban J connectivity index is 2.52. The largest absolute Gasteiger partial charge is 0.416 e. The zero-order valence-corrected chi connectivity index (χ0v) is 13.6. The summed E-state index contributed by atoms with van der Waals surface area (Å²) in [5.41, 5.74) is -2.21. The molecule has 0 bridgehead atoms. The fourth-order valence-corrected chi connectivity index (χ4v) is 1.84. The molecule has 0 saturated heterocycles. The molecular weight excluding hydrogens is 383 g/mol. The van der Waals surface area contributed by atoms with E-state index in [-0.39, 0.29) is 18.7 Å². The topological polar surface area (TPSA) is 113 Å². The number of alkyl halides is 5. The maximum absolute atomic E-state index is 12.6. The van der Waals surface area contributed by atoms with Crippen molar-refractivity contribution in [2.75, 3.05) is 25.0 Å². The Morgan fingerprint density at radius 2 is 1.81 bits per heavy atom. The Bertz CT molecular complexity index is 697. The highest BCUT2D eigenvalue weighted by Gasteiger charge is 2.33. The van der Waals surface area contributed by atoms with Gasteiger partial charge in [-0.2, -0.15) is 13.2 Å². The van der Waals surface area contributed by atoms with Crippen LogP contribution in [0.3, 0.4) is 0 Å². The van der Waals surface area contributed by atoms with Crippen LogP contribution in [-0.2, 0) is 15.8 Å². The molecule has 0 aliphatic carbocycles. The summed E-state index contributed by atoms with van der Waals surface area (Å²) in [5, 5.41) is 17.4. The number of amides is 2. The van der Waals surface area contributed by atoms with Gasteiger partial charge >= 0.3 is 6.18 Å². The lowest BCUT2D eigenvalue weighted by Crippen LogP contribution is -2.39. The van der Waals surface area contributed by atoms with E-state index in [1.54, 1.807) is 0 Å². The third kappa shape index (κ3) is 7.83. The maximum Gasteiger partial charge on any atom is 0.416 e. The molecule has 27 heavy (non-hydrogen) atoms. The number of anilines is 1. The van der Waals surface area contributed by atoms with Crippen molar-refractivity contribution in [2.24, 2.45) is 0 Å². The maximum atomic E-state index is 12.6. The van der Waals surface area contributed by atoms with E-state index in [1.165, 1.54) is 0 Å². The minimum absolute atomic E-state index is 0.170. The van der Waals surface area contributed by atoms with Crippen LogP contribution in [0.1, 0.15) is 12.0 Å². The fraction of sp³-hybridized carbons (Fsp3) is 0.429. The third-order valence-electron chi connectivity index (χ3n) is 3.09. The van der Waals surface area contributed by atoms with Gasteiger partial charge in [-0.15, -0.1) is 0 Å². The van der Waals surface area contributed by atoms with Gasteiger partial charge in [0.2, 0.25) is 11.8 Å². The quantitative estimate of drug-likeness (QED) is 0.334. The van der Waals surface area contributed by atoms with Crippen LogP contribution in [0.15, 0.2) is 18.2 Å². The number of hydrogen-bond acceptors (Lipinski definition) is 5. The van der Waals surface area contributed by atoms with Gasteiger partial charge < -0.3 is 16.0 Å². The summed E-state index contributed by atoms with van der Waals surface area (Å²) in [5.74, 6) is -1.49. The van der Waals surface area contributed by atoms with E-state index in [4.69, 9.17) is 0 Å². The number of nitrogens with one attached hydrogen (secondary N) is 3. The molecule has 3 N–H and O–H groups in total. The van der Waals surface area contributed by atoms with Gasteiger partial charge in [0.1, 0.15) is 5.69 Å². The van der Waals surface area contributed by atoms with Gasteiger partial charge in [-0.1, -0.05) is 0 Å². The average molecular weight is 398 g/mol. The van der Waals surface area contributed by atoms with E-state index in [1.807, 2.05) is 5.32 Å². The molecule has 2 amide bonds. The Morgan fingerprint density at radius 1 is 1.15 bits per heavy atom. The molecule has 0 atom stereocenters. The van der Waals surface area contributed by atoms with Crippen molar-refractivity contribution < 1.29 is 36.5 Å².